The Morgan fingerprint density at radius 2 is 2.07 bits per heavy atom. The van der Waals surface area contributed by atoms with Crippen LogP contribution in [0, 0.1) is 10.1 Å². The standard InChI is InChI=1S/C19H22N2O5S/c1-2-26-18(22)13-14-7-8-17(19(14)20-9-11-25-12-10-20)27-16-6-4-3-5-15(16)21(23)24/h3-6,13H,2,7-12H2,1H3/b14-13+. The van der Waals surface area contributed by atoms with Gasteiger partial charge in [-0.2, -0.15) is 0 Å². The van der Waals surface area contributed by atoms with E-state index in [0.29, 0.717) is 31.1 Å². The third kappa shape index (κ3) is 4.70. The molecule has 0 bridgehead atoms. The average Bonchev–Trinajstić information content (AvgIpc) is 3.05. The number of nitrogens with zero attached hydrogens (tertiary/aromatic N) is 2. The van der Waals surface area contributed by atoms with Gasteiger partial charge in [0.15, 0.2) is 0 Å². The van der Waals surface area contributed by atoms with Crippen molar-refractivity contribution < 1.29 is 19.2 Å². The molecule has 1 heterocycles. The topological polar surface area (TPSA) is 81.9 Å². The lowest BCUT2D eigenvalue weighted by Crippen LogP contribution is -2.36. The van der Waals surface area contributed by atoms with Crippen LogP contribution in [0.2, 0.25) is 0 Å². The average molecular weight is 390 g/mol. The number of carbonyl (C=O) groups excluding carboxylic acids is 1. The van der Waals surface area contributed by atoms with Gasteiger partial charge >= 0.3 is 5.97 Å². The van der Waals surface area contributed by atoms with Gasteiger partial charge in [-0.15, -0.1) is 0 Å². The summed E-state index contributed by atoms with van der Waals surface area (Å²) in [7, 11) is 0. The highest BCUT2D eigenvalue weighted by molar-refractivity contribution is 8.03. The molecule has 0 unspecified atom stereocenters. The minimum Gasteiger partial charge on any atom is -0.463 e. The fourth-order valence-corrected chi connectivity index (χ4v) is 4.44. The SMILES string of the molecule is CCOC(=O)/C=C1\CCC(Sc2ccccc2[N+](=O)[O-])=C1N1CCOCC1. The summed E-state index contributed by atoms with van der Waals surface area (Å²) >= 11 is 1.41. The van der Waals surface area contributed by atoms with Crippen LogP contribution in [-0.4, -0.2) is 48.7 Å². The molecule has 8 heteroatoms. The van der Waals surface area contributed by atoms with Gasteiger partial charge in [0, 0.05) is 30.1 Å². The van der Waals surface area contributed by atoms with Crippen LogP contribution < -0.4 is 0 Å². The molecule has 0 saturated carbocycles. The Balaban J connectivity index is 1.95. The molecule has 0 aromatic heterocycles. The van der Waals surface area contributed by atoms with Crippen molar-refractivity contribution in [2.24, 2.45) is 0 Å². The van der Waals surface area contributed by atoms with Crippen molar-refractivity contribution in [1.82, 2.24) is 4.90 Å². The number of morpholine rings is 1. The van der Waals surface area contributed by atoms with Crippen molar-refractivity contribution in [2.45, 2.75) is 24.7 Å². The highest BCUT2D eigenvalue weighted by Crippen LogP contribution is 2.45. The number of hydrogen-bond donors (Lipinski definition) is 0. The van der Waals surface area contributed by atoms with Gasteiger partial charge in [0.2, 0.25) is 0 Å². The molecule has 0 radical (unpaired) electrons. The largest absolute Gasteiger partial charge is 0.463 e. The van der Waals surface area contributed by atoms with E-state index in [-0.39, 0.29) is 16.6 Å². The smallest absolute Gasteiger partial charge is 0.331 e. The molecular weight excluding hydrogens is 368 g/mol. The van der Waals surface area contributed by atoms with E-state index in [1.54, 1.807) is 31.2 Å². The Bertz CT molecular complexity index is 784. The number of rotatable bonds is 6. The summed E-state index contributed by atoms with van der Waals surface area (Å²) in [5.74, 6) is -0.352. The lowest BCUT2D eigenvalue weighted by molar-refractivity contribution is -0.387. The number of allylic oxidation sites excluding steroid dienone is 2. The van der Waals surface area contributed by atoms with Crippen molar-refractivity contribution in [2.75, 3.05) is 32.9 Å². The molecule has 144 valence electrons. The quantitative estimate of drug-likeness (QED) is 0.318. The van der Waals surface area contributed by atoms with Gasteiger partial charge in [-0.3, -0.25) is 10.1 Å². The minimum absolute atomic E-state index is 0.0964. The van der Waals surface area contributed by atoms with Crippen LogP contribution in [-0.2, 0) is 14.3 Å². The Morgan fingerprint density at radius 1 is 1.33 bits per heavy atom. The molecule has 0 atom stereocenters. The van der Waals surface area contributed by atoms with E-state index in [1.807, 2.05) is 0 Å². The molecule has 7 nitrogen and oxygen atoms in total. The van der Waals surface area contributed by atoms with E-state index in [9.17, 15) is 14.9 Å². The molecule has 0 amide bonds. The summed E-state index contributed by atoms with van der Waals surface area (Å²) < 4.78 is 10.5. The second-order valence-corrected chi connectivity index (χ2v) is 7.26. The molecule has 3 rings (SSSR count). The van der Waals surface area contributed by atoms with Crippen LogP contribution in [0.3, 0.4) is 0 Å². The molecule has 27 heavy (non-hydrogen) atoms. The number of benzene rings is 1. The predicted molar refractivity (Wildman–Crippen MR) is 102 cm³/mol. The van der Waals surface area contributed by atoms with Crippen LogP contribution in [0.15, 0.2) is 51.4 Å². The normalized spacial score (nSPS) is 18.9. The maximum absolute atomic E-state index is 12.0. The Hall–Kier alpha value is -2.32. The first-order valence-corrected chi connectivity index (χ1v) is 9.76. The molecule has 0 spiro atoms. The number of nitro benzene ring substituents is 1. The van der Waals surface area contributed by atoms with Gasteiger partial charge in [-0.25, -0.2) is 4.79 Å². The first kappa shape index (κ1) is 19.4. The molecule has 1 aromatic rings. The number of ether oxygens (including phenoxy) is 2. The zero-order chi connectivity index (χ0) is 19.2. The Morgan fingerprint density at radius 3 is 2.78 bits per heavy atom. The first-order valence-electron chi connectivity index (χ1n) is 8.95. The number of hydrogen-bond acceptors (Lipinski definition) is 7. The van der Waals surface area contributed by atoms with Crippen LogP contribution in [0.5, 0.6) is 0 Å². The Labute approximate surface area is 162 Å². The second-order valence-electron chi connectivity index (χ2n) is 6.12. The lowest BCUT2D eigenvalue weighted by Gasteiger charge is -2.31. The number of carbonyl (C=O) groups is 1. The summed E-state index contributed by atoms with van der Waals surface area (Å²) in [6, 6.07) is 6.75. The van der Waals surface area contributed by atoms with Gasteiger partial charge in [-0.05, 0) is 31.4 Å². The molecule has 1 aliphatic heterocycles. The van der Waals surface area contributed by atoms with E-state index in [0.717, 1.165) is 35.7 Å². The van der Waals surface area contributed by atoms with E-state index >= 15 is 0 Å². The fourth-order valence-electron chi connectivity index (χ4n) is 3.22. The lowest BCUT2D eigenvalue weighted by atomic mass is 10.1. The van der Waals surface area contributed by atoms with E-state index in [1.165, 1.54) is 17.8 Å². The summed E-state index contributed by atoms with van der Waals surface area (Å²) in [5.41, 5.74) is 2.02. The first-order chi connectivity index (χ1) is 13.1. The third-order valence-corrected chi connectivity index (χ3v) is 5.60. The van der Waals surface area contributed by atoms with E-state index in [2.05, 4.69) is 4.90 Å². The van der Waals surface area contributed by atoms with Crippen molar-refractivity contribution in [1.29, 1.82) is 0 Å². The van der Waals surface area contributed by atoms with Crippen LogP contribution in [0.25, 0.3) is 0 Å². The summed E-state index contributed by atoms with van der Waals surface area (Å²) in [4.78, 5) is 26.8. The zero-order valence-corrected chi connectivity index (χ0v) is 16.0. The van der Waals surface area contributed by atoms with Gasteiger partial charge in [0.05, 0.1) is 35.3 Å². The van der Waals surface area contributed by atoms with Crippen LogP contribution in [0.4, 0.5) is 5.69 Å². The van der Waals surface area contributed by atoms with Crippen LogP contribution >= 0.6 is 11.8 Å². The van der Waals surface area contributed by atoms with Gasteiger partial charge in [0.25, 0.3) is 5.69 Å². The monoisotopic (exact) mass is 390 g/mol. The highest BCUT2D eigenvalue weighted by atomic mass is 32.2. The number of thioether (sulfide) groups is 1. The molecule has 1 aliphatic carbocycles. The number of nitro groups is 1. The second kappa shape index (κ2) is 9.05. The molecule has 1 aromatic carbocycles. The summed E-state index contributed by atoms with van der Waals surface area (Å²) in [6.45, 7) is 4.82. The zero-order valence-electron chi connectivity index (χ0n) is 15.2. The van der Waals surface area contributed by atoms with Gasteiger partial charge < -0.3 is 14.4 Å². The van der Waals surface area contributed by atoms with Crippen molar-refractivity contribution >= 4 is 23.4 Å². The molecule has 1 saturated heterocycles. The maximum Gasteiger partial charge on any atom is 0.331 e. The van der Waals surface area contributed by atoms with Crippen molar-refractivity contribution in [3.05, 3.63) is 56.6 Å². The maximum atomic E-state index is 12.0. The number of para-hydroxylation sites is 1. The molecule has 1 fully saturated rings. The number of esters is 1. The van der Waals surface area contributed by atoms with E-state index in [4.69, 9.17) is 9.47 Å². The Kier molecular flexibility index (Phi) is 6.52. The summed E-state index contributed by atoms with van der Waals surface area (Å²) in [5, 5.41) is 11.3. The predicted octanol–water partition coefficient (Wildman–Crippen LogP) is 3.51. The van der Waals surface area contributed by atoms with Crippen LogP contribution in [0.1, 0.15) is 19.8 Å². The molecule has 0 N–H and O–H groups in total. The van der Waals surface area contributed by atoms with Crippen molar-refractivity contribution in [3.8, 4) is 0 Å². The van der Waals surface area contributed by atoms with Gasteiger partial charge in [-0.1, -0.05) is 23.9 Å². The fraction of sp³-hybridized carbons (Fsp3) is 0.421. The van der Waals surface area contributed by atoms with Crippen molar-refractivity contribution in [3.63, 3.8) is 0 Å². The third-order valence-electron chi connectivity index (χ3n) is 4.39. The molecule has 2 aliphatic rings. The minimum atomic E-state index is -0.360. The van der Waals surface area contributed by atoms with E-state index < -0.39 is 0 Å². The molecular formula is C19H22N2O5S. The highest BCUT2D eigenvalue weighted by Gasteiger charge is 2.29. The summed E-state index contributed by atoms with van der Waals surface area (Å²) in [6.07, 6.45) is 3.02. The van der Waals surface area contributed by atoms with Gasteiger partial charge in [0.1, 0.15) is 0 Å².